The topological polar surface area (TPSA) is 0 Å². The van der Waals surface area contributed by atoms with Crippen molar-refractivity contribution in [1.82, 2.24) is 0 Å². The van der Waals surface area contributed by atoms with Crippen LogP contribution in [0.1, 0.15) is 5.56 Å². The Morgan fingerprint density at radius 1 is 0.765 bits per heavy atom. The van der Waals surface area contributed by atoms with Crippen molar-refractivity contribution in [3.63, 3.8) is 0 Å². The molecule has 4 heteroatoms. The standard InChI is InChI=1S/C13H8Cl4/c1-7-2-3-8(6-11(7)15)9-4-5-10(14)13(17)12(9)16/h2-6H,1H3. The van der Waals surface area contributed by atoms with Crippen LogP contribution in [-0.4, -0.2) is 0 Å². The summed E-state index contributed by atoms with van der Waals surface area (Å²) in [4.78, 5) is 0. The molecule has 0 spiro atoms. The van der Waals surface area contributed by atoms with Crippen LogP contribution in [0.3, 0.4) is 0 Å². The van der Waals surface area contributed by atoms with Crippen molar-refractivity contribution in [1.29, 1.82) is 0 Å². The average Bonchev–Trinajstić information content (AvgIpc) is 2.30. The zero-order chi connectivity index (χ0) is 12.6. The van der Waals surface area contributed by atoms with Gasteiger partial charge in [0.1, 0.15) is 0 Å². The highest BCUT2D eigenvalue weighted by Gasteiger charge is 2.11. The van der Waals surface area contributed by atoms with E-state index in [1.807, 2.05) is 31.2 Å². The Bertz CT molecular complexity index is 576. The van der Waals surface area contributed by atoms with Gasteiger partial charge in [0.15, 0.2) is 0 Å². The molecule has 2 rings (SSSR count). The SMILES string of the molecule is Cc1ccc(-c2ccc(Cl)c(Cl)c2Cl)cc1Cl. The van der Waals surface area contributed by atoms with Crippen molar-refractivity contribution in [2.45, 2.75) is 6.92 Å². The van der Waals surface area contributed by atoms with Crippen molar-refractivity contribution in [2.24, 2.45) is 0 Å². The number of benzene rings is 2. The lowest BCUT2D eigenvalue weighted by atomic mass is 10.0. The second-order valence-electron chi connectivity index (χ2n) is 3.69. The molecule has 0 aromatic heterocycles. The predicted molar refractivity (Wildman–Crippen MR) is 76.7 cm³/mol. The largest absolute Gasteiger partial charge is 0.0840 e. The van der Waals surface area contributed by atoms with Gasteiger partial charge in [0.05, 0.1) is 15.1 Å². The van der Waals surface area contributed by atoms with E-state index in [9.17, 15) is 0 Å². The second kappa shape index (κ2) is 5.07. The molecule has 17 heavy (non-hydrogen) atoms. The fraction of sp³-hybridized carbons (Fsp3) is 0.0769. The first kappa shape index (κ1) is 13.0. The van der Waals surface area contributed by atoms with Crippen LogP contribution in [0, 0.1) is 6.92 Å². The normalized spacial score (nSPS) is 10.6. The average molecular weight is 306 g/mol. The smallest absolute Gasteiger partial charge is 0.0784 e. The molecule has 0 N–H and O–H groups in total. The lowest BCUT2D eigenvalue weighted by molar-refractivity contribution is 1.47. The van der Waals surface area contributed by atoms with Crippen LogP contribution in [0.2, 0.25) is 20.1 Å². The van der Waals surface area contributed by atoms with Crippen LogP contribution in [0.4, 0.5) is 0 Å². The molecule has 0 atom stereocenters. The Balaban J connectivity index is 2.61. The lowest BCUT2D eigenvalue weighted by Gasteiger charge is -2.08. The van der Waals surface area contributed by atoms with E-state index >= 15 is 0 Å². The summed E-state index contributed by atoms with van der Waals surface area (Å²) >= 11 is 24.1. The predicted octanol–water partition coefficient (Wildman–Crippen LogP) is 6.28. The van der Waals surface area contributed by atoms with Gasteiger partial charge in [0.2, 0.25) is 0 Å². The maximum absolute atomic E-state index is 6.17. The highest BCUT2D eigenvalue weighted by Crippen LogP contribution is 2.38. The lowest BCUT2D eigenvalue weighted by Crippen LogP contribution is -1.83. The summed E-state index contributed by atoms with van der Waals surface area (Å²) in [5.74, 6) is 0. The minimum atomic E-state index is 0.363. The molecule has 0 nitrogen and oxygen atoms in total. The molecular weight excluding hydrogens is 298 g/mol. The Morgan fingerprint density at radius 2 is 1.47 bits per heavy atom. The van der Waals surface area contributed by atoms with Crippen molar-refractivity contribution in [3.05, 3.63) is 56.0 Å². The molecule has 0 amide bonds. The number of rotatable bonds is 1. The summed E-state index contributed by atoms with van der Waals surface area (Å²) in [6, 6.07) is 9.31. The van der Waals surface area contributed by atoms with Gasteiger partial charge in [-0.25, -0.2) is 0 Å². The number of hydrogen-bond donors (Lipinski definition) is 0. The molecule has 0 bridgehead atoms. The van der Waals surface area contributed by atoms with Crippen molar-refractivity contribution in [2.75, 3.05) is 0 Å². The number of aryl methyl sites for hydroxylation is 1. The highest BCUT2D eigenvalue weighted by atomic mass is 35.5. The summed E-state index contributed by atoms with van der Waals surface area (Å²) < 4.78 is 0. The monoisotopic (exact) mass is 304 g/mol. The molecule has 0 heterocycles. The summed E-state index contributed by atoms with van der Waals surface area (Å²) in [6.45, 7) is 1.95. The summed E-state index contributed by atoms with van der Waals surface area (Å²) in [7, 11) is 0. The van der Waals surface area contributed by atoms with Crippen molar-refractivity contribution >= 4 is 46.4 Å². The molecule has 0 saturated carbocycles. The van der Waals surface area contributed by atoms with Crippen LogP contribution in [0.15, 0.2) is 30.3 Å². The van der Waals surface area contributed by atoms with Crippen LogP contribution < -0.4 is 0 Å². The van der Waals surface area contributed by atoms with Crippen LogP contribution in [0.5, 0.6) is 0 Å². The zero-order valence-electron chi connectivity index (χ0n) is 8.90. The minimum absolute atomic E-state index is 0.363. The van der Waals surface area contributed by atoms with Gasteiger partial charge in [-0.3, -0.25) is 0 Å². The number of hydrogen-bond acceptors (Lipinski definition) is 0. The molecule has 0 aliphatic carbocycles. The maximum Gasteiger partial charge on any atom is 0.0784 e. The van der Waals surface area contributed by atoms with Crippen LogP contribution >= 0.6 is 46.4 Å². The third-order valence-electron chi connectivity index (χ3n) is 2.52. The molecule has 0 aliphatic heterocycles. The first-order chi connectivity index (χ1) is 8.00. The molecule has 0 aliphatic rings. The zero-order valence-corrected chi connectivity index (χ0v) is 11.9. The summed E-state index contributed by atoms with van der Waals surface area (Å²) in [5.41, 5.74) is 2.76. The molecule has 2 aromatic carbocycles. The van der Waals surface area contributed by atoms with Gasteiger partial charge in [0, 0.05) is 10.6 Å². The van der Waals surface area contributed by atoms with Gasteiger partial charge < -0.3 is 0 Å². The molecule has 0 unspecified atom stereocenters. The van der Waals surface area contributed by atoms with Crippen molar-refractivity contribution < 1.29 is 0 Å². The van der Waals surface area contributed by atoms with E-state index in [0.29, 0.717) is 20.1 Å². The van der Waals surface area contributed by atoms with Gasteiger partial charge in [-0.1, -0.05) is 64.6 Å². The van der Waals surface area contributed by atoms with E-state index in [-0.39, 0.29) is 0 Å². The number of halogens is 4. The Hall–Kier alpha value is -0.400. The third-order valence-corrected chi connectivity index (χ3v) is 4.22. The minimum Gasteiger partial charge on any atom is -0.0840 e. The molecule has 0 fully saturated rings. The Morgan fingerprint density at radius 3 is 2.12 bits per heavy atom. The first-order valence-corrected chi connectivity index (χ1v) is 6.42. The molecular formula is C13H8Cl4. The van der Waals surface area contributed by atoms with E-state index in [1.165, 1.54) is 0 Å². The van der Waals surface area contributed by atoms with Gasteiger partial charge in [-0.15, -0.1) is 0 Å². The van der Waals surface area contributed by atoms with Gasteiger partial charge in [-0.05, 0) is 30.2 Å². The van der Waals surface area contributed by atoms with E-state index in [2.05, 4.69) is 0 Å². The Labute approximate surface area is 120 Å². The molecule has 2 aromatic rings. The van der Waals surface area contributed by atoms with Crippen molar-refractivity contribution in [3.8, 4) is 11.1 Å². The molecule has 0 saturated heterocycles. The second-order valence-corrected chi connectivity index (χ2v) is 5.26. The highest BCUT2D eigenvalue weighted by molar-refractivity contribution is 6.49. The maximum atomic E-state index is 6.17. The molecule has 0 radical (unpaired) electrons. The van der Waals surface area contributed by atoms with E-state index in [4.69, 9.17) is 46.4 Å². The Kier molecular flexibility index (Phi) is 3.89. The fourth-order valence-corrected chi connectivity index (χ4v) is 2.33. The van der Waals surface area contributed by atoms with Gasteiger partial charge in [-0.2, -0.15) is 0 Å². The van der Waals surface area contributed by atoms with Crippen LogP contribution in [-0.2, 0) is 0 Å². The quantitative estimate of drug-likeness (QED) is 0.544. The van der Waals surface area contributed by atoms with Crippen LogP contribution in [0.25, 0.3) is 11.1 Å². The molecule has 88 valence electrons. The summed E-state index contributed by atoms with van der Waals surface area (Å²) in [6.07, 6.45) is 0. The van der Waals surface area contributed by atoms with E-state index < -0.39 is 0 Å². The fourth-order valence-electron chi connectivity index (χ4n) is 1.51. The van der Waals surface area contributed by atoms with E-state index in [1.54, 1.807) is 6.07 Å². The summed E-state index contributed by atoms with van der Waals surface area (Å²) in [5, 5.41) is 1.95. The van der Waals surface area contributed by atoms with Gasteiger partial charge in [0.25, 0.3) is 0 Å². The van der Waals surface area contributed by atoms with Gasteiger partial charge >= 0.3 is 0 Å². The first-order valence-electron chi connectivity index (χ1n) is 4.90. The third kappa shape index (κ3) is 2.56. The van der Waals surface area contributed by atoms with E-state index in [0.717, 1.165) is 16.7 Å².